The molecule has 2 aliphatic heterocycles. The second-order valence-electron chi connectivity index (χ2n) is 5.24. The number of rotatable bonds is 3. The van der Waals surface area contributed by atoms with E-state index in [4.69, 9.17) is 21.7 Å². The summed E-state index contributed by atoms with van der Waals surface area (Å²) in [5, 5.41) is 2.61. The normalized spacial score (nSPS) is 22.6. The Morgan fingerprint density at radius 2 is 2.17 bits per heavy atom. The molecule has 0 unspecified atom stereocenters. The van der Waals surface area contributed by atoms with Gasteiger partial charge in [-0.15, -0.1) is 0 Å². The predicted octanol–water partition coefficient (Wildman–Crippen LogP) is 1.46. The molecule has 0 spiro atoms. The summed E-state index contributed by atoms with van der Waals surface area (Å²) in [5.74, 6) is 0.0219. The van der Waals surface area contributed by atoms with Crippen molar-refractivity contribution in [2.24, 2.45) is 0 Å². The number of methoxy groups -OCH3 is 1. The highest BCUT2D eigenvalue weighted by atomic mass is 32.1. The molecule has 2 aliphatic rings. The molecule has 2 heterocycles. The Kier molecular flexibility index (Phi) is 4.40. The molecule has 23 heavy (non-hydrogen) atoms. The number of carbonyl (C=O) groups excluding carboxylic acids is 2. The second kappa shape index (κ2) is 6.47. The van der Waals surface area contributed by atoms with E-state index in [0.717, 1.165) is 12.0 Å². The lowest BCUT2D eigenvalue weighted by Crippen LogP contribution is -2.40. The first-order chi connectivity index (χ1) is 11.1. The molecule has 2 fully saturated rings. The summed E-state index contributed by atoms with van der Waals surface area (Å²) in [6, 6.07) is 7.16. The van der Waals surface area contributed by atoms with Crippen molar-refractivity contribution in [2.75, 3.05) is 13.7 Å². The smallest absolute Gasteiger partial charge is 0.274 e. The average molecular weight is 332 g/mol. The van der Waals surface area contributed by atoms with Crippen LogP contribution >= 0.6 is 12.2 Å². The van der Waals surface area contributed by atoms with Crippen molar-refractivity contribution in [3.63, 3.8) is 0 Å². The summed E-state index contributed by atoms with van der Waals surface area (Å²) in [6.45, 7) is 0.551. The van der Waals surface area contributed by atoms with Crippen molar-refractivity contribution in [1.82, 2.24) is 10.2 Å². The molecular formula is C16H16N2O4S. The lowest BCUT2D eigenvalue weighted by atomic mass is 10.1. The van der Waals surface area contributed by atoms with E-state index in [2.05, 4.69) is 5.32 Å². The van der Waals surface area contributed by atoms with Gasteiger partial charge in [0.15, 0.2) is 5.11 Å². The van der Waals surface area contributed by atoms with Crippen LogP contribution in [0.4, 0.5) is 0 Å². The van der Waals surface area contributed by atoms with E-state index < -0.39 is 12.0 Å². The lowest BCUT2D eigenvalue weighted by molar-refractivity contribution is -0.135. The minimum atomic E-state index is -0.542. The van der Waals surface area contributed by atoms with Crippen molar-refractivity contribution in [1.29, 1.82) is 0 Å². The number of carbonyl (C=O) groups is 2. The van der Waals surface area contributed by atoms with Crippen LogP contribution in [0, 0.1) is 0 Å². The molecule has 0 aliphatic carbocycles. The maximum absolute atomic E-state index is 12.6. The van der Waals surface area contributed by atoms with Crippen molar-refractivity contribution >= 4 is 35.2 Å². The van der Waals surface area contributed by atoms with Crippen LogP contribution in [0.5, 0.6) is 5.75 Å². The van der Waals surface area contributed by atoms with Crippen molar-refractivity contribution in [2.45, 2.75) is 18.9 Å². The SMILES string of the molecule is COc1ccc(/C=C2\C(=O)NC(=S)N2C(=O)[C@H]2CCCO2)cc1. The molecule has 1 aromatic rings. The third-order valence-corrected chi connectivity index (χ3v) is 4.03. The van der Waals surface area contributed by atoms with Crippen LogP contribution in [0.25, 0.3) is 6.08 Å². The molecule has 0 aromatic heterocycles. The van der Waals surface area contributed by atoms with Crippen molar-refractivity contribution < 1.29 is 19.1 Å². The highest BCUT2D eigenvalue weighted by Gasteiger charge is 2.39. The first-order valence-corrected chi connectivity index (χ1v) is 7.67. The third kappa shape index (κ3) is 3.11. The zero-order valence-electron chi connectivity index (χ0n) is 12.6. The van der Waals surface area contributed by atoms with Crippen LogP contribution in [-0.4, -0.2) is 41.6 Å². The summed E-state index contributed by atoms with van der Waals surface area (Å²) < 4.78 is 10.5. The Bertz CT molecular complexity index is 678. The van der Waals surface area contributed by atoms with Gasteiger partial charge in [-0.1, -0.05) is 12.1 Å². The van der Waals surface area contributed by atoms with Gasteiger partial charge >= 0.3 is 0 Å². The van der Waals surface area contributed by atoms with Gasteiger partial charge in [-0.25, -0.2) is 4.90 Å². The highest BCUT2D eigenvalue weighted by Crippen LogP contribution is 2.23. The Morgan fingerprint density at radius 1 is 1.43 bits per heavy atom. The molecule has 1 atom stereocenters. The van der Waals surface area contributed by atoms with Crippen LogP contribution in [0.15, 0.2) is 30.0 Å². The molecular weight excluding hydrogens is 316 g/mol. The summed E-state index contributed by atoms with van der Waals surface area (Å²) >= 11 is 5.12. The summed E-state index contributed by atoms with van der Waals surface area (Å²) in [6.07, 6.45) is 2.55. The highest BCUT2D eigenvalue weighted by molar-refractivity contribution is 7.80. The van der Waals surface area contributed by atoms with Crippen LogP contribution in [0.2, 0.25) is 0 Å². The Hall–Kier alpha value is -2.25. The summed E-state index contributed by atoms with van der Waals surface area (Å²) in [7, 11) is 1.58. The number of amides is 2. The van der Waals surface area contributed by atoms with E-state index in [1.165, 1.54) is 4.90 Å². The van der Waals surface area contributed by atoms with E-state index in [1.54, 1.807) is 37.5 Å². The van der Waals surface area contributed by atoms with Crippen LogP contribution in [-0.2, 0) is 14.3 Å². The van der Waals surface area contributed by atoms with E-state index in [-0.39, 0.29) is 16.7 Å². The Labute approximate surface area is 139 Å². The molecule has 7 heteroatoms. The van der Waals surface area contributed by atoms with Gasteiger partial charge in [0.2, 0.25) is 0 Å². The number of hydrogen-bond acceptors (Lipinski definition) is 5. The van der Waals surface area contributed by atoms with Gasteiger partial charge < -0.3 is 9.47 Å². The van der Waals surface area contributed by atoms with E-state index in [9.17, 15) is 9.59 Å². The van der Waals surface area contributed by atoms with Gasteiger partial charge in [0, 0.05) is 6.61 Å². The largest absolute Gasteiger partial charge is 0.497 e. The molecule has 0 bridgehead atoms. The fraction of sp³-hybridized carbons (Fsp3) is 0.312. The van der Waals surface area contributed by atoms with Gasteiger partial charge in [0.1, 0.15) is 17.6 Å². The van der Waals surface area contributed by atoms with Gasteiger partial charge in [-0.3, -0.25) is 14.9 Å². The summed E-state index contributed by atoms with van der Waals surface area (Å²) in [4.78, 5) is 25.9. The minimum Gasteiger partial charge on any atom is -0.497 e. The van der Waals surface area contributed by atoms with E-state index >= 15 is 0 Å². The van der Waals surface area contributed by atoms with Gasteiger partial charge in [0.25, 0.3) is 11.8 Å². The second-order valence-corrected chi connectivity index (χ2v) is 5.62. The molecule has 0 radical (unpaired) electrons. The number of benzene rings is 1. The zero-order valence-corrected chi connectivity index (χ0v) is 13.4. The van der Waals surface area contributed by atoms with Crippen LogP contribution < -0.4 is 10.1 Å². The average Bonchev–Trinajstić information content (AvgIpc) is 3.17. The van der Waals surface area contributed by atoms with Crippen molar-refractivity contribution in [3.05, 3.63) is 35.5 Å². The monoisotopic (exact) mass is 332 g/mol. The Balaban J connectivity index is 1.90. The van der Waals surface area contributed by atoms with Crippen LogP contribution in [0.3, 0.4) is 0 Å². The van der Waals surface area contributed by atoms with Crippen molar-refractivity contribution in [3.8, 4) is 5.75 Å². The number of nitrogens with zero attached hydrogens (tertiary/aromatic N) is 1. The maximum atomic E-state index is 12.6. The fourth-order valence-corrected chi connectivity index (χ4v) is 2.83. The number of hydrogen-bond donors (Lipinski definition) is 1. The molecule has 1 N–H and O–H groups in total. The molecule has 3 rings (SSSR count). The number of ether oxygens (including phenoxy) is 2. The van der Waals surface area contributed by atoms with Crippen LogP contribution in [0.1, 0.15) is 18.4 Å². The topological polar surface area (TPSA) is 67.9 Å². The third-order valence-electron chi connectivity index (χ3n) is 3.74. The first-order valence-electron chi connectivity index (χ1n) is 7.27. The first kappa shape index (κ1) is 15.6. The molecule has 2 amide bonds. The van der Waals surface area contributed by atoms with Gasteiger partial charge in [0.05, 0.1) is 7.11 Å². The minimum absolute atomic E-state index is 0.0928. The Morgan fingerprint density at radius 3 is 2.78 bits per heavy atom. The molecule has 120 valence electrons. The lowest BCUT2D eigenvalue weighted by Gasteiger charge is -2.19. The molecule has 1 aromatic carbocycles. The number of thiocarbonyl (C=S) groups is 1. The van der Waals surface area contributed by atoms with Gasteiger partial charge in [-0.2, -0.15) is 0 Å². The fourth-order valence-electron chi connectivity index (χ4n) is 2.55. The quantitative estimate of drug-likeness (QED) is 0.670. The molecule has 6 nitrogen and oxygen atoms in total. The molecule has 2 saturated heterocycles. The molecule has 0 saturated carbocycles. The number of nitrogens with one attached hydrogen (secondary N) is 1. The van der Waals surface area contributed by atoms with Gasteiger partial charge in [-0.05, 0) is 48.8 Å². The predicted molar refractivity (Wildman–Crippen MR) is 87.5 cm³/mol. The van der Waals surface area contributed by atoms with E-state index in [0.29, 0.717) is 18.8 Å². The zero-order chi connectivity index (χ0) is 16.4. The summed E-state index contributed by atoms with van der Waals surface area (Å²) in [5.41, 5.74) is 0.978. The maximum Gasteiger partial charge on any atom is 0.274 e. The van der Waals surface area contributed by atoms with E-state index in [1.807, 2.05) is 0 Å². The standard InChI is InChI=1S/C16H16N2O4S/c1-21-11-6-4-10(5-7-11)9-12-14(19)17-16(23)18(12)15(20)13-3-2-8-22-13/h4-7,9,13H,2-3,8H2,1H3,(H,17,19,23)/b12-9+/t13-/m1/s1.